The van der Waals surface area contributed by atoms with Gasteiger partial charge in [-0.3, -0.25) is 0 Å². The minimum atomic E-state index is -0.684. The molecule has 0 aliphatic heterocycles. The first-order chi connectivity index (χ1) is 5.20. The van der Waals surface area contributed by atoms with Crippen LogP contribution < -0.4 is 16.2 Å². The molecule has 0 saturated carbocycles. The SMILES string of the molecule is CCOC(=O)NNC(=O)NC. The van der Waals surface area contributed by atoms with Gasteiger partial charge in [-0.05, 0) is 6.92 Å². The quantitative estimate of drug-likeness (QED) is 0.457. The molecule has 0 spiro atoms. The van der Waals surface area contributed by atoms with E-state index in [0.717, 1.165) is 0 Å². The van der Waals surface area contributed by atoms with Crippen molar-refractivity contribution in [1.29, 1.82) is 0 Å². The Morgan fingerprint density at radius 2 is 2.00 bits per heavy atom. The number of carbonyl (C=O) groups is 2. The molecule has 64 valence electrons. The molecule has 0 aliphatic rings. The highest BCUT2D eigenvalue weighted by molar-refractivity contribution is 5.77. The van der Waals surface area contributed by atoms with Crippen molar-refractivity contribution in [2.45, 2.75) is 6.92 Å². The molecule has 0 saturated heterocycles. The van der Waals surface area contributed by atoms with Crippen LogP contribution in [-0.4, -0.2) is 25.8 Å². The molecule has 6 heteroatoms. The summed E-state index contributed by atoms with van der Waals surface area (Å²) in [6, 6.07) is -0.502. The lowest BCUT2D eigenvalue weighted by Gasteiger charge is -2.05. The Morgan fingerprint density at radius 1 is 1.36 bits per heavy atom. The van der Waals surface area contributed by atoms with Crippen LogP contribution in [0.5, 0.6) is 0 Å². The summed E-state index contributed by atoms with van der Waals surface area (Å²) in [4.78, 5) is 20.9. The van der Waals surface area contributed by atoms with Crippen molar-refractivity contribution in [2.75, 3.05) is 13.7 Å². The Balaban J connectivity index is 3.38. The Kier molecular flexibility index (Phi) is 4.63. The highest BCUT2D eigenvalue weighted by Gasteiger charge is 2.00. The minimum Gasteiger partial charge on any atom is -0.449 e. The number of hydrazine groups is 1. The summed E-state index contributed by atoms with van der Waals surface area (Å²) in [6.07, 6.45) is -0.684. The van der Waals surface area contributed by atoms with Gasteiger partial charge in [-0.2, -0.15) is 0 Å². The van der Waals surface area contributed by atoms with Gasteiger partial charge in [-0.25, -0.2) is 20.4 Å². The molecule has 6 nitrogen and oxygen atoms in total. The maximum atomic E-state index is 10.5. The van der Waals surface area contributed by atoms with Crippen molar-refractivity contribution in [1.82, 2.24) is 16.2 Å². The summed E-state index contributed by atoms with van der Waals surface area (Å²) < 4.78 is 4.44. The normalized spacial score (nSPS) is 8.18. The van der Waals surface area contributed by atoms with Crippen LogP contribution in [0.3, 0.4) is 0 Å². The van der Waals surface area contributed by atoms with Crippen molar-refractivity contribution >= 4 is 12.1 Å². The van der Waals surface area contributed by atoms with E-state index in [2.05, 4.69) is 10.1 Å². The van der Waals surface area contributed by atoms with E-state index in [4.69, 9.17) is 0 Å². The lowest BCUT2D eigenvalue weighted by molar-refractivity contribution is 0.147. The van der Waals surface area contributed by atoms with Gasteiger partial charge in [0, 0.05) is 7.05 Å². The zero-order valence-electron chi connectivity index (χ0n) is 6.43. The first-order valence-corrected chi connectivity index (χ1v) is 3.11. The molecule has 0 fully saturated rings. The summed E-state index contributed by atoms with van der Waals surface area (Å²) in [5, 5.41) is 2.24. The van der Waals surface area contributed by atoms with Crippen molar-refractivity contribution < 1.29 is 14.3 Å². The van der Waals surface area contributed by atoms with Crippen LogP contribution in [0.15, 0.2) is 0 Å². The number of amides is 3. The molecular formula is C5H11N3O3. The fraction of sp³-hybridized carbons (Fsp3) is 0.600. The predicted octanol–water partition coefficient (Wildman–Crippen LogP) is -0.424. The third-order valence-electron chi connectivity index (χ3n) is 0.781. The molecule has 0 aliphatic carbocycles. The number of carbonyl (C=O) groups excluding carboxylic acids is 2. The van der Waals surface area contributed by atoms with Crippen molar-refractivity contribution in [3.63, 3.8) is 0 Å². The fourth-order valence-corrected chi connectivity index (χ4v) is 0.337. The maximum Gasteiger partial charge on any atom is 0.426 e. The van der Waals surface area contributed by atoms with Gasteiger partial charge in [0.1, 0.15) is 0 Å². The third kappa shape index (κ3) is 5.01. The standard InChI is InChI=1S/C5H11N3O3/c1-3-11-5(10)8-7-4(9)6-2/h3H2,1-2H3,(H,8,10)(H2,6,7,9). The second-order valence-electron chi connectivity index (χ2n) is 1.55. The summed E-state index contributed by atoms with van der Waals surface area (Å²) in [7, 11) is 1.43. The Bertz CT molecular complexity index is 148. The average molecular weight is 161 g/mol. The zero-order valence-corrected chi connectivity index (χ0v) is 6.43. The Labute approximate surface area is 64.3 Å². The van der Waals surface area contributed by atoms with Crippen LogP contribution in [0.2, 0.25) is 0 Å². The summed E-state index contributed by atoms with van der Waals surface area (Å²) in [5.41, 5.74) is 4.05. The first kappa shape index (κ1) is 9.54. The van der Waals surface area contributed by atoms with Crippen molar-refractivity contribution in [3.05, 3.63) is 0 Å². The van der Waals surface area contributed by atoms with Gasteiger partial charge in [0.2, 0.25) is 0 Å². The van der Waals surface area contributed by atoms with E-state index in [0.29, 0.717) is 0 Å². The number of hydrogen-bond donors (Lipinski definition) is 3. The van der Waals surface area contributed by atoms with Crippen LogP contribution in [0, 0.1) is 0 Å². The molecule has 0 aromatic carbocycles. The molecule has 3 amide bonds. The molecule has 3 N–H and O–H groups in total. The number of rotatable bonds is 1. The van der Waals surface area contributed by atoms with Crippen LogP contribution >= 0.6 is 0 Å². The highest BCUT2D eigenvalue weighted by Crippen LogP contribution is 1.72. The molecule has 11 heavy (non-hydrogen) atoms. The van der Waals surface area contributed by atoms with Crippen molar-refractivity contribution in [2.24, 2.45) is 0 Å². The molecule has 0 heterocycles. The lowest BCUT2D eigenvalue weighted by Crippen LogP contribution is -2.45. The topological polar surface area (TPSA) is 79.5 Å². The van der Waals surface area contributed by atoms with E-state index < -0.39 is 12.1 Å². The Morgan fingerprint density at radius 3 is 2.45 bits per heavy atom. The predicted molar refractivity (Wildman–Crippen MR) is 37.7 cm³/mol. The smallest absolute Gasteiger partial charge is 0.426 e. The van der Waals surface area contributed by atoms with Gasteiger partial charge in [-0.1, -0.05) is 0 Å². The largest absolute Gasteiger partial charge is 0.449 e. The molecular weight excluding hydrogens is 150 g/mol. The number of hydrogen-bond acceptors (Lipinski definition) is 3. The second kappa shape index (κ2) is 5.33. The van der Waals surface area contributed by atoms with Gasteiger partial charge in [0.05, 0.1) is 6.61 Å². The fourth-order valence-electron chi connectivity index (χ4n) is 0.337. The van der Waals surface area contributed by atoms with Gasteiger partial charge in [0.25, 0.3) is 0 Å². The van der Waals surface area contributed by atoms with E-state index in [1.54, 1.807) is 6.92 Å². The molecule has 0 aromatic rings. The Hall–Kier alpha value is -1.46. The number of urea groups is 1. The number of ether oxygens (including phenoxy) is 1. The minimum absolute atomic E-state index is 0.265. The average Bonchev–Trinajstić information content (AvgIpc) is 2.01. The van der Waals surface area contributed by atoms with E-state index in [-0.39, 0.29) is 6.61 Å². The van der Waals surface area contributed by atoms with Gasteiger partial charge >= 0.3 is 12.1 Å². The maximum absolute atomic E-state index is 10.5. The summed E-state index contributed by atoms with van der Waals surface area (Å²) in [5.74, 6) is 0. The highest BCUT2D eigenvalue weighted by atomic mass is 16.6. The van der Waals surface area contributed by atoms with E-state index >= 15 is 0 Å². The van der Waals surface area contributed by atoms with Crippen molar-refractivity contribution in [3.8, 4) is 0 Å². The van der Waals surface area contributed by atoms with Crippen LogP contribution in [0.25, 0.3) is 0 Å². The van der Waals surface area contributed by atoms with Gasteiger partial charge in [-0.15, -0.1) is 0 Å². The van der Waals surface area contributed by atoms with Gasteiger partial charge < -0.3 is 10.1 Å². The van der Waals surface area contributed by atoms with Crippen LogP contribution in [0.1, 0.15) is 6.92 Å². The molecule has 0 atom stereocenters. The third-order valence-corrected chi connectivity index (χ3v) is 0.781. The molecule has 0 radical (unpaired) electrons. The van der Waals surface area contributed by atoms with Crippen LogP contribution in [-0.2, 0) is 4.74 Å². The van der Waals surface area contributed by atoms with Crippen LogP contribution in [0.4, 0.5) is 9.59 Å². The second-order valence-corrected chi connectivity index (χ2v) is 1.55. The molecule has 0 unspecified atom stereocenters. The van der Waals surface area contributed by atoms with E-state index in [9.17, 15) is 9.59 Å². The lowest BCUT2D eigenvalue weighted by atomic mass is 10.9. The van der Waals surface area contributed by atoms with E-state index in [1.165, 1.54) is 7.05 Å². The monoisotopic (exact) mass is 161 g/mol. The van der Waals surface area contributed by atoms with Gasteiger partial charge in [0.15, 0.2) is 0 Å². The summed E-state index contributed by atoms with van der Waals surface area (Å²) in [6.45, 7) is 1.93. The number of nitrogens with one attached hydrogen (secondary N) is 3. The molecule has 0 bridgehead atoms. The first-order valence-electron chi connectivity index (χ1n) is 3.11. The summed E-state index contributed by atoms with van der Waals surface area (Å²) >= 11 is 0. The van der Waals surface area contributed by atoms with E-state index in [1.807, 2.05) is 10.9 Å². The molecule has 0 aromatic heterocycles. The zero-order chi connectivity index (χ0) is 8.69. The molecule has 0 rings (SSSR count).